The van der Waals surface area contributed by atoms with Gasteiger partial charge in [-0.3, -0.25) is 4.98 Å². The van der Waals surface area contributed by atoms with E-state index in [9.17, 15) is 0 Å². The Hall–Kier alpha value is -2.79. The molecule has 0 unspecified atom stereocenters. The number of hydrogen-bond acceptors (Lipinski definition) is 5. The quantitative estimate of drug-likeness (QED) is 0.754. The minimum absolute atomic E-state index is 0.215. The second kappa shape index (κ2) is 7.40. The van der Waals surface area contributed by atoms with E-state index >= 15 is 0 Å². The molecule has 3 aromatic rings. The van der Waals surface area contributed by atoms with Crippen LogP contribution in [0.3, 0.4) is 0 Å². The minimum Gasteiger partial charge on any atom is -0.340 e. The van der Waals surface area contributed by atoms with Crippen LogP contribution in [0.25, 0.3) is 11.3 Å². The number of rotatable bonds is 4. The highest BCUT2D eigenvalue weighted by atomic mass is 15.1. The van der Waals surface area contributed by atoms with Crippen LogP contribution >= 0.6 is 0 Å². The molecule has 5 nitrogen and oxygen atoms in total. The molecule has 0 radical (unpaired) electrons. The molecule has 2 aromatic heterocycles. The van der Waals surface area contributed by atoms with Crippen LogP contribution in [0.2, 0.25) is 0 Å². The van der Waals surface area contributed by atoms with Gasteiger partial charge in [0.25, 0.3) is 0 Å². The smallest absolute Gasteiger partial charge is 0.148 e. The maximum absolute atomic E-state index is 4.83. The Kier molecular flexibility index (Phi) is 4.65. The Morgan fingerprint density at radius 3 is 2.56 bits per heavy atom. The average Bonchev–Trinajstić information content (AvgIpc) is 2.70. The summed E-state index contributed by atoms with van der Waals surface area (Å²) < 4.78 is 0. The monoisotopic (exact) mass is 331 g/mol. The van der Waals surface area contributed by atoms with E-state index in [1.54, 1.807) is 12.4 Å². The van der Waals surface area contributed by atoms with Crippen molar-refractivity contribution in [3.63, 3.8) is 0 Å². The molecule has 0 saturated carbocycles. The van der Waals surface area contributed by atoms with Crippen LogP contribution < -0.4 is 10.6 Å². The number of benzene rings is 1. The fraction of sp³-hybridized carbons (Fsp3) is 0.250. The molecule has 5 heteroatoms. The lowest BCUT2D eigenvalue weighted by Gasteiger charge is -2.23. The van der Waals surface area contributed by atoms with Crippen molar-refractivity contribution in [3.8, 4) is 11.3 Å². The van der Waals surface area contributed by atoms with Crippen LogP contribution in [-0.2, 0) is 0 Å². The molecule has 0 aliphatic carbocycles. The second-order valence-corrected chi connectivity index (χ2v) is 6.23. The number of para-hydroxylation sites is 1. The van der Waals surface area contributed by atoms with Gasteiger partial charge < -0.3 is 10.6 Å². The zero-order valence-electron chi connectivity index (χ0n) is 14.0. The van der Waals surface area contributed by atoms with Crippen molar-refractivity contribution in [2.24, 2.45) is 0 Å². The number of nitrogens with zero attached hydrogens (tertiary/aromatic N) is 3. The summed E-state index contributed by atoms with van der Waals surface area (Å²) >= 11 is 0. The zero-order valence-corrected chi connectivity index (χ0v) is 14.0. The third-order valence-electron chi connectivity index (χ3n) is 4.39. The molecule has 3 heterocycles. The zero-order chi connectivity index (χ0) is 16.9. The Morgan fingerprint density at radius 1 is 0.960 bits per heavy atom. The van der Waals surface area contributed by atoms with Gasteiger partial charge >= 0.3 is 0 Å². The van der Waals surface area contributed by atoms with E-state index < -0.39 is 0 Å². The van der Waals surface area contributed by atoms with Crippen LogP contribution in [0.4, 0.5) is 11.5 Å². The molecule has 1 saturated heterocycles. The van der Waals surface area contributed by atoms with Gasteiger partial charge in [-0.25, -0.2) is 9.97 Å². The third kappa shape index (κ3) is 3.83. The number of piperidine rings is 1. The van der Waals surface area contributed by atoms with Crippen molar-refractivity contribution in [2.75, 3.05) is 11.9 Å². The minimum atomic E-state index is 0.215. The second-order valence-electron chi connectivity index (χ2n) is 6.23. The molecule has 1 aromatic carbocycles. The summed E-state index contributed by atoms with van der Waals surface area (Å²) in [6.45, 7) is 1.02. The Morgan fingerprint density at radius 2 is 1.80 bits per heavy atom. The molecule has 1 atom stereocenters. The van der Waals surface area contributed by atoms with Crippen LogP contribution in [0.15, 0.2) is 60.9 Å². The van der Waals surface area contributed by atoms with Gasteiger partial charge in [0.2, 0.25) is 0 Å². The van der Waals surface area contributed by atoms with Crippen LogP contribution in [0, 0.1) is 0 Å². The first kappa shape index (κ1) is 15.7. The lowest BCUT2D eigenvalue weighted by Crippen LogP contribution is -2.28. The van der Waals surface area contributed by atoms with E-state index in [1.807, 2.05) is 48.5 Å². The highest BCUT2D eigenvalue weighted by Crippen LogP contribution is 2.26. The van der Waals surface area contributed by atoms with Gasteiger partial charge in [0.05, 0.1) is 11.7 Å². The Bertz CT molecular complexity index is 814. The van der Waals surface area contributed by atoms with Gasteiger partial charge in [-0.05, 0) is 43.7 Å². The van der Waals surface area contributed by atoms with Gasteiger partial charge in [-0.1, -0.05) is 24.6 Å². The van der Waals surface area contributed by atoms with Crippen molar-refractivity contribution in [3.05, 3.63) is 66.7 Å². The molecular weight excluding hydrogens is 310 g/mol. The van der Waals surface area contributed by atoms with Crippen LogP contribution in [0.5, 0.6) is 0 Å². The predicted molar refractivity (Wildman–Crippen MR) is 99.6 cm³/mol. The van der Waals surface area contributed by atoms with Crippen LogP contribution in [0.1, 0.15) is 31.1 Å². The number of nitrogens with one attached hydrogen (secondary N) is 2. The molecule has 2 N–H and O–H groups in total. The van der Waals surface area contributed by atoms with E-state index in [0.717, 1.165) is 41.6 Å². The fourth-order valence-corrected chi connectivity index (χ4v) is 3.10. The molecule has 0 bridgehead atoms. The van der Waals surface area contributed by atoms with Crippen molar-refractivity contribution in [1.29, 1.82) is 0 Å². The SMILES string of the molecule is c1ccc(Nc2cc(-c3ccncc3)nc([C@@H]3CCCCN3)n2)cc1. The first-order valence-electron chi connectivity index (χ1n) is 8.73. The van der Waals surface area contributed by atoms with E-state index in [0.29, 0.717) is 0 Å². The summed E-state index contributed by atoms with van der Waals surface area (Å²) in [6, 6.07) is 16.3. The fourth-order valence-electron chi connectivity index (χ4n) is 3.10. The highest BCUT2D eigenvalue weighted by Gasteiger charge is 2.19. The summed E-state index contributed by atoms with van der Waals surface area (Å²) in [5.74, 6) is 1.67. The highest BCUT2D eigenvalue weighted by molar-refractivity contribution is 5.65. The van der Waals surface area contributed by atoms with E-state index in [2.05, 4.69) is 15.6 Å². The summed E-state index contributed by atoms with van der Waals surface area (Å²) in [7, 11) is 0. The molecule has 126 valence electrons. The maximum atomic E-state index is 4.83. The first-order valence-corrected chi connectivity index (χ1v) is 8.73. The molecule has 4 rings (SSSR count). The van der Waals surface area contributed by atoms with Gasteiger partial charge in [0.15, 0.2) is 0 Å². The molecule has 25 heavy (non-hydrogen) atoms. The van der Waals surface area contributed by atoms with Gasteiger partial charge in [0, 0.05) is 29.7 Å². The summed E-state index contributed by atoms with van der Waals surface area (Å²) in [4.78, 5) is 13.7. The molecule has 1 aliphatic heterocycles. The molecule has 0 amide bonds. The summed E-state index contributed by atoms with van der Waals surface area (Å²) in [6.07, 6.45) is 7.09. The third-order valence-corrected chi connectivity index (χ3v) is 4.39. The molecule has 1 fully saturated rings. The lowest BCUT2D eigenvalue weighted by molar-refractivity contribution is 0.398. The standard InChI is InChI=1S/C20H21N5/c1-2-6-16(7-3-1)23-19-14-18(15-9-12-21-13-10-15)24-20(25-19)17-8-4-5-11-22-17/h1-3,6-7,9-10,12-14,17,22H,4-5,8,11H2,(H,23,24,25)/t17-/m0/s1. The van der Waals surface area contributed by atoms with Gasteiger partial charge in [0.1, 0.15) is 11.6 Å². The van der Waals surface area contributed by atoms with E-state index in [4.69, 9.17) is 9.97 Å². The number of pyridine rings is 1. The topological polar surface area (TPSA) is 62.7 Å². The molecule has 0 spiro atoms. The normalized spacial score (nSPS) is 17.2. The van der Waals surface area contributed by atoms with E-state index in [1.165, 1.54) is 12.8 Å². The van der Waals surface area contributed by atoms with Crippen molar-refractivity contribution in [1.82, 2.24) is 20.3 Å². The van der Waals surface area contributed by atoms with Crippen molar-refractivity contribution < 1.29 is 0 Å². The average molecular weight is 331 g/mol. The summed E-state index contributed by atoms with van der Waals surface area (Å²) in [5.41, 5.74) is 2.98. The van der Waals surface area contributed by atoms with Crippen molar-refractivity contribution >= 4 is 11.5 Å². The lowest BCUT2D eigenvalue weighted by atomic mass is 10.0. The van der Waals surface area contributed by atoms with Gasteiger partial charge in [-0.2, -0.15) is 0 Å². The number of anilines is 2. The van der Waals surface area contributed by atoms with Crippen LogP contribution in [-0.4, -0.2) is 21.5 Å². The Labute approximate surface area is 147 Å². The number of aromatic nitrogens is 3. The van der Waals surface area contributed by atoms with E-state index in [-0.39, 0.29) is 6.04 Å². The first-order chi connectivity index (χ1) is 12.4. The number of hydrogen-bond donors (Lipinski definition) is 2. The Balaban J connectivity index is 1.72. The largest absolute Gasteiger partial charge is 0.340 e. The predicted octanol–water partition coefficient (Wildman–Crippen LogP) is 4.10. The summed E-state index contributed by atoms with van der Waals surface area (Å²) in [5, 5.41) is 6.94. The molecular formula is C20H21N5. The maximum Gasteiger partial charge on any atom is 0.148 e. The van der Waals surface area contributed by atoms with Crippen molar-refractivity contribution in [2.45, 2.75) is 25.3 Å². The van der Waals surface area contributed by atoms with Gasteiger partial charge in [-0.15, -0.1) is 0 Å². The molecule has 1 aliphatic rings.